The molecule has 1 aromatic heterocycles. The number of hydrogen-bond acceptors (Lipinski definition) is 3. The smallest absolute Gasteiger partial charge is 0.257 e. The van der Waals surface area contributed by atoms with Crippen molar-refractivity contribution in [3.63, 3.8) is 0 Å². The summed E-state index contributed by atoms with van der Waals surface area (Å²) < 4.78 is 5.00. The van der Waals surface area contributed by atoms with Crippen LogP contribution in [0, 0.1) is 0 Å². The molecule has 0 bridgehead atoms. The summed E-state index contributed by atoms with van der Waals surface area (Å²) in [6.07, 6.45) is 6.08. The fourth-order valence-corrected chi connectivity index (χ4v) is 2.57. The van der Waals surface area contributed by atoms with E-state index in [1.807, 2.05) is 18.7 Å². The van der Waals surface area contributed by atoms with E-state index in [4.69, 9.17) is 4.42 Å². The SMILES string of the molecule is CCCN(CCC)C(=O)CCN(C(=O)c1ccoc1)C(C)CC. The van der Waals surface area contributed by atoms with Gasteiger partial charge in [0, 0.05) is 32.1 Å². The Morgan fingerprint density at radius 1 is 1.13 bits per heavy atom. The maximum absolute atomic E-state index is 12.6. The van der Waals surface area contributed by atoms with E-state index >= 15 is 0 Å². The second-order valence-corrected chi connectivity index (χ2v) is 5.90. The molecule has 1 unspecified atom stereocenters. The number of carbonyl (C=O) groups excluding carboxylic acids is 2. The van der Waals surface area contributed by atoms with E-state index in [0.717, 1.165) is 32.4 Å². The third kappa shape index (κ3) is 5.73. The van der Waals surface area contributed by atoms with E-state index in [-0.39, 0.29) is 17.9 Å². The molecule has 5 nitrogen and oxygen atoms in total. The number of furan rings is 1. The van der Waals surface area contributed by atoms with Gasteiger partial charge in [0.1, 0.15) is 6.26 Å². The summed E-state index contributed by atoms with van der Waals surface area (Å²) in [5, 5.41) is 0. The molecule has 0 aliphatic rings. The zero-order chi connectivity index (χ0) is 17.2. The van der Waals surface area contributed by atoms with Gasteiger partial charge >= 0.3 is 0 Å². The van der Waals surface area contributed by atoms with Crippen LogP contribution in [0.3, 0.4) is 0 Å². The lowest BCUT2D eigenvalue weighted by Crippen LogP contribution is -2.41. The Kier molecular flexibility index (Phi) is 8.45. The first-order valence-electron chi connectivity index (χ1n) is 8.65. The first kappa shape index (κ1) is 19.3. The Hall–Kier alpha value is -1.78. The Morgan fingerprint density at radius 3 is 2.26 bits per heavy atom. The van der Waals surface area contributed by atoms with Gasteiger partial charge in [0.2, 0.25) is 5.91 Å². The Labute approximate surface area is 139 Å². The van der Waals surface area contributed by atoms with Crippen molar-refractivity contribution < 1.29 is 14.0 Å². The van der Waals surface area contributed by atoms with Crippen molar-refractivity contribution in [2.24, 2.45) is 0 Å². The lowest BCUT2D eigenvalue weighted by Gasteiger charge is -2.29. The topological polar surface area (TPSA) is 53.8 Å². The summed E-state index contributed by atoms with van der Waals surface area (Å²) >= 11 is 0. The molecule has 0 saturated carbocycles. The quantitative estimate of drug-likeness (QED) is 0.662. The maximum Gasteiger partial charge on any atom is 0.257 e. The van der Waals surface area contributed by atoms with Crippen LogP contribution in [-0.2, 0) is 4.79 Å². The molecule has 1 rings (SSSR count). The minimum absolute atomic E-state index is 0.0709. The minimum atomic E-state index is -0.0709. The average Bonchev–Trinajstić information content (AvgIpc) is 3.08. The van der Waals surface area contributed by atoms with Crippen LogP contribution in [0.25, 0.3) is 0 Å². The van der Waals surface area contributed by atoms with Gasteiger partial charge in [-0.1, -0.05) is 20.8 Å². The molecular formula is C18H30N2O3. The van der Waals surface area contributed by atoms with Gasteiger partial charge in [-0.05, 0) is 32.3 Å². The molecule has 0 aromatic carbocycles. The van der Waals surface area contributed by atoms with Crippen molar-refractivity contribution in [3.8, 4) is 0 Å². The monoisotopic (exact) mass is 322 g/mol. The molecule has 0 radical (unpaired) electrons. The fraction of sp³-hybridized carbons (Fsp3) is 0.667. The lowest BCUT2D eigenvalue weighted by atomic mass is 10.1. The van der Waals surface area contributed by atoms with Crippen LogP contribution >= 0.6 is 0 Å². The van der Waals surface area contributed by atoms with Crippen LogP contribution in [0.2, 0.25) is 0 Å². The van der Waals surface area contributed by atoms with Gasteiger partial charge in [-0.15, -0.1) is 0 Å². The molecule has 5 heteroatoms. The highest BCUT2D eigenvalue weighted by molar-refractivity contribution is 5.94. The Bertz CT molecular complexity index is 465. The van der Waals surface area contributed by atoms with Crippen molar-refractivity contribution in [2.45, 2.75) is 59.4 Å². The Balaban J connectivity index is 2.70. The second-order valence-electron chi connectivity index (χ2n) is 5.90. The number of amides is 2. The van der Waals surface area contributed by atoms with Crippen LogP contribution in [0.1, 0.15) is 63.7 Å². The van der Waals surface area contributed by atoms with Crippen molar-refractivity contribution in [2.75, 3.05) is 19.6 Å². The molecule has 0 spiro atoms. The van der Waals surface area contributed by atoms with Crippen molar-refractivity contribution >= 4 is 11.8 Å². The highest BCUT2D eigenvalue weighted by Crippen LogP contribution is 2.13. The molecule has 0 N–H and O–H groups in total. The van der Waals surface area contributed by atoms with Crippen molar-refractivity contribution in [1.82, 2.24) is 9.80 Å². The number of hydrogen-bond donors (Lipinski definition) is 0. The zero-order valence-corrected chi connectivity index (χ0v) is 14.9. The van der Waals surface area contributed by atoms with Crippen LogP contribution in [0.15, 0.2) is 23.0 Å². The number of carbonyl (C=O) groups is 2. The number of nitrogens with zero attached hydrogens (tertiary/aromatic N) is 2. The van der Waals surface area contributed by atoms with E-state index in [2.05, 4.69) is 13.8 Å². The highest BCUT2D eigenvalue weighted by Gasteiger charge is 2.23. The molecule has 1 aromatic rings. The summed E-state index contributed by atoms with van der Waals surface area (Å²) in [6, 6.07) is 1.76. The summed E-state index contributed by atoms with van der Waals surface area (Å²) in [5.74, 6) is 0.0560. The van der Waals surface area contributed by atoms with Gasteiger partial charge in [0.25, 0.3) is 5.91 Å². The molecule has 0 aliphatic carbocycles. The predicted molar refractivity (Wildman–Crippen MR) is 91.3 cm³/mol. The molecular weight excluding hydrogens is 292 g/mol. The van der Waals surface area contributed by atoms with Gasteiger partial charge in [0.05, 0.1) is 11.8 Å². The van der Waals surface area contributed by atoms with Crippen LogP contribution in [0.5, 0.6) is 0 Å². The van der Waals surface area contributed by atoms with Gasteiger partial charge in [0.15, 0.2) is 0 Å². The van der Waals surface area contributed by atoms with E-state index in [9.17, 15) is 9.59 Å². The lowest BCUT2D eigenvalue weighted by molar-refractivity contribution is -0.131. The average molecular weight is 322 g/mol. The van der Waals surface area contributed by atoms with E-state index in [0.29, 0.717) is 18.5 Å². The van der Waals surface area contributed by atoms with E-state index < -0.39 is 0 Å². The van der Waals surface area contributed by atoms with Gasteiger partial charge in [-0.25, -0.2) is 0 Å². The zero-order valence-electron chi connectivity index (χ0n) is 14.9. The molecule has 2 amide bonds. The van der Waals surface area contributed by atoms with Crippen molar-refractivity contribution in [3.05, 3.63) is 24.2 Å². The van der Waals surface area contributed by atoms with E-state index in [1.165, 1.54) is 12.5 Å². The molecule has 23 heavy (non-hydrogen) atoms. The third-order valence-electron chi connectivity index (χ3n) is 4.06. The second kappa shape index (κ2) is 10.1. The normalized spacial score (nSPS) is 12.0. The maximum atomic E-state index is 12.6. The van der Waals surface area contributed by atoms with Gasteiger partial charge < -0.3 is 14.2 Å². The first-order chi connectivity index (χ1) is 11.0. The Morgan fingerprint density at radius 2 is 1.78 bits per heavy atom. The van der Waals surface area contributed by atoms with Crippen molar-refractivity contribution in [1.29, 1.82) is 0 Å². The molecule has 1 heterocycles. The molecule has 0 fully saturated rings. The molecule has 130 valence electrons. The predicted octanol–water partition coefficient (Wildman–Crippen LogP) is 3.56. The third-order valence-corrected chi connectivity index (χ3v) is 4.06. The van der Waals surface area contributed by atoms with E-state index in [1.54, 1.807) is 11.0 Å². The van der Waals surface area contributed by atoms with Gasteiger partial charge in [-0.2, -0.15) is 0 Å². The molecule has 1 atom stereocenters. The summed E-state index contributed by atoms with van der Waals surface area (Å²) in [5.41, 5.74) is 0.539. The summed E-state index contributed by atoms with van der Waals surface area (Å²) in [7, 11) is 0. The van der Waals surface area contributed by atoms with Crippen LogP contribution in [-0.4, -0.2) is 47.3 Å². The molecule has 0 aliphatic heterocycles. The van der Waals surface area contributed by atoms with Crippen LogP contribution < -0.4 is 0 Å². The summed E-state index contributed by atoms with van der Waals surface area (Å²) in [6.45, 7) is 10.2. The first-order valence-corrected chi connectivity index (χ1v) is 8.65. The minimum Gasteiger partial charge on any atom is -0.472 e. The fourth-order valence-electron chi connectivity index (χ4n) is 2.57. The standard InChI is InChI=1S/C18H30N2O3/c1-5-10-19(11-6-2)17(21)8-12-20(15(4)7-3)18(22)16-9-13-23-14-16/h9,13-15H,5-8,10-12H2,1-4H3. The van der Waals surface area contributed by atoms with Crippen LogP contribution in [0.4, 0.5) is 0 Å². The van der Waals surface area contributed by atoms with Gasteiger partial charge in [-0.3, -0.25) is 9.59 Å². The molecule has 0 saturated heterocycles. The summed E-state index contributed by atoms with van der Waals surface area (Å²) in [4.78, 5) is 28.7. The number of rotatable bonds is 10. The largest absolute Gasteiger partial charge is 0.472 e. The highest BCUT2D eigenvalue weighted by atomic mass is 16.3.